The molecule has 0 bridgehead atoms. The fraction of sp³-hybridized carbons (Fsp3) is 0.562. The van der Waals surface area contributed by atoms with E-state index in [-0.39, 0.29) is 0 Å². The minimum atomic E-state index is -0.584. The smallest absolute Gasteiger partial charge is 0.297 e. The van der Waals surface area contributed by atoms with Crippen LogP contribution in [0.1, 0.15) is 44.0 Å². The molecule has 25 heavy (non-hydrogen) atoms. The molecule has 0 unspecified atom stereocenters. The summed E-state index contributed by atoms with van der Waals surface area (Å²) in [6, 6.07) is -0.467. The van der Waals surface area contributed by atoms with Crippen molar-refractivity contribution < 1.29 is 4.79 Å². The number of aromatic nitrogens is 6. The predicted octanol–water partition coefficient (Wildman–Crippen LogP) is 1.53. The van der Waals surface area contributed by atoms with Gasteiger partial charge in [-0.25, -0.2) is 9.59 Å². The molecule has 0 atom stereocenters. The molecule has 0 spiro atoms. The van der Waals surface area contributed by atoms with Gasteiger partial charge < -0.3 is 0 Å². The molecule has 0 saturated heterocycles. The van der Waals surface area contributed by atoms with Gasteiger partial charge in [0, 0.05) is 19.3 Å². The quantitative estimate of drug-likeness (QED) is 0.787. The standard InChI is InChI=1S/C16H23N7O2/c1-5-21(13-9-7-6-8-10-13)15(24)23-16(25)22(18-19-23)14-11(2)17-20(4)12(14)3/h9H,5-8,10H2,1-4H3. The molecule has 0 aromatic carbocycles. The van der Waals surface area contributed by atoms with Gasteiger partial charge >= 0.3 is 11.7 Å². The largest absolute Gasteiger partial charge is 0.377 e. The van der Waals surface area contributed by atoms with Crippen molar-refractivity contribution in [1.29, 1.82) is 0 Å². The fourth-order valence-corrected chi connectivity index (χ4v) is 3.22. The number of rotatable bonds is 3. The summed E-state index contributed by atoms with van der Waals surface area (Å²) in [6.45, 7) is 6.00. The van der Waals surface area contributed by atoms with Crippen molar-refractivity contribution in [2.24, 2.45) is 7.05 Å². The van der Waals surface area contributed by atoms with E-state index in [4.69, 9.17) is 0 Å². The van der Waals surface area contributed by atoms with E-state index in [1.165, 1.54) is 0 Å². The summed E-state index contributed by atoms with van der Waals surface area (Å²) in [5.74, 6) is 0. The van der Waals surface area contributed by atoms with Gasteiger partial charge in [-0.05, 0) is 56.9 Å². The summed E-state index contributed by atoms with van der Waals surface area (Å²) in [5.41, 5.74) is 2.37. The van der Waals surface area contributed by atoms with Crippen molar-refractivity contribution in [3.63, 3.8) is 0 Å². The van der Waals surface area contributed by atoms with Crippen LogP contribution in [0.15, 0.2) is 16.6 Å². The van der Waals surface area contributed by atoms with E-state index in [9.17, 15) is 9.59 Å². The van der Waals surface area contributed by atoms with Crippen molar-refractivity contribution in [2.75, 3.05) is 6.54 Å². The first-order valence-electron chi connectivity index (χ1n) is 8.52. The van der Waals surface area contributed by atoms with Gasteiger partial charge in [0.15, 0.2) is 0 Å². The van der Waals surface area contributed by atoms with Gasteiger partial charge in [-0.15, -0.1) is 4.68 Å². The number of hydrogen-bond acceptors (Lipinski definition) is 5. The van der Waals surface area contributed by atoms with Gasteiger partial charge in [0.2, 0.25) is 0 Å². The maximum atomic E-state index is 12.8. The molecule has 0 radical (unpaired) electrons. The van der Waals surface area contributed by atoms with E-state index < -0.39 is 11.7 Å². The lowest BCUT2D eigenvalue weighted by Gasteiger charge is -2.25. The molecule has 1 amide bonds. The highest BCUT2D eigenvalue weighted by Crippen LogP contribution is 2.21. The molecule has 0 aliphatic heterocycles. The summed E-state index contributed by atoms with van der Waals surface area (Å²) in [4.78, 5) is 27.2. The van der Waals surface area contributed by atoms with Crippen molar-refractivity contribution in [3.8, 4) is 5.69 Å². The molecule has 0 fully saturated rings. The maximum absolute atomic E-state index is 12.8. The summed E-state index contributed by atoms with van der Waals surface area (Å²) in [5, 5.41) is 12.0. The molecule has 1 aliphatic rings. The monoisotopic (exact) mass is 345 g/mol. The third-order valence-electron chi connectivity index (χ3n) is 4.61. The molecule has 0 saturated carbocycles. The van der Waals surface area contributed by atoms with Crippen molar-refractivity contribution in [1.82, 2.24) is 34.5 Å². The molecular weight excluding hydrogens is 322 g/mol. The van der Waals surface area contributed by atoms with E-state index in [2.05, 4.69) is 21.6 Å². The first-order valence-corrected chi connectivity index (χ1v) is 8.52. The Hall–Kier alpha value is -2.71. The average Bonchev–Trinajstić information content (AvgIpc) is 3.08. The van der Waals surface area contributed by atoms with E-state index in [1.807, 2.05) is 13.8 Å². The lowest BCUT2D eigenvalue weighted by molar-refractivity contribution is 0.207. The van der Waals surface area contributed by atoms with Gasteiger partial charge in [0.05, 0.1) is 11.4 Å². The predicted molar refractivity (Wildman–Crippen MR) is 91.6 cm³/mol. The highest BCUT2D eigenvalue weighted by atomic mass is 16.2. The van der Waals surface area contributed by atoms with Gasteiger partial charge in [-0.1, -0.05) is 6.08 Å². The number of allylic oxidation sites excluding steroid dienone is 2. The zero-order valence-electron chi connectivity index (χ0n) is 15.1. The lowest BCUT2D eigenvalue weighted by atomic mass is 10.0. The second-order valence-corrected chi connectivity index (χ2v) is 6.20. The van der Waals surface area contributed by atoms with Crippen LogP contribution in [0.5, 0.6) is 0 Å². The van der Waals surface area contributed by atoms with Crippen molar-refractivity contribution in [2.45, 2.75) is 46.5 Å². The number of carbonyl (C=O) groups excluding carboxylic acids is 1. The highest BCUT2D eigenvalue weighted by molar-refractivity contribution is 5.77. The number of hydrogen-bond donors (Lipinski definition) is 0. The number of tetrazole rings is 1. The van der Waals surface area contributed by atoms with E-state index >= 15 is 0 Å². The molecule has 9 nitrogen and oxygen atoms in total. The topological polar surface area (TPSA) is 90.8 Å². The van der Waals surface area contributed by atoms with Crippen LogP contribution in [0.2, 0.25) is 0 Å². The van der Waals surface area contributed by atoms with Crippen LogP contribution in [-0.4, -0.2) is 47.0 Å². The maximum Gasteiger partial charge on any atom is 0.377 e. The molecule has 2 heterocycles. The van der Waals surface area contributed by atoms with E-state index in [1.54, 1.807) is 23.6 Å². The zero-order chi connectivity index (χ0) is 18.1. The SMILES string of the molecule is CCN(C(=O)n1nnn(-c2c(C)nn(C)c2C)c1=O)C1=CCCCC1. The Balaban J connectivity index is 1.99. The van der Waals surface area contributed by atoms with Crippen molar-refractivity contribution in [3.05, 3.63) is 33.6 Å². The minimum Gasteiger partial charge on any atom is -0.297 e. The third kappa shape index (κ3) is 2.90. The molecule has 3 rings (SSSR count). The first kappa shape index (κ1) is 17.1. The molecule has 1 aliphatic carbocycles. The number of carbonyl (C=O) groups is 1. The molecule has 0 N–H and O–H groups in total. The first-order chi connectivity index (χ1) is 12.0. The Morgan fingerprint density at radius 2 is 2.04 bits per heavy atom. The van der Waals surface area contributed by atoms with Crippen LogP contribution in [0, 0.1) is 13.8 Å². The number of aryl methyl sites for hydroxylation is 2. The third-order valence-corrected chi connectivity index (χ3v) is 4.61. The minimum absolute atomic E-state index is 0.467. The fourth-order valence-electron chi connectivity index (χ4n) is 3.22. The zero-order valence-corrected chi connectivity index (χ0v) is 15.1. The molecule has 134 valence electrons. The van der Waals surface area contributed by atoms with E-state index in [0.717, 1.165) is 46.4 Å². The lowest BCUT2D eigenvalue weighted by Crippen LogP contribution is -2.40. The second-order valence-electron chi connectivity index (χ2n) is 6.20. The summed E-state index contributed by atoms with van der Waals surface area (Å²) in [6.07, 6.45) is 6.03. The Labute approximate surface area is 145 Å². The molecule has 2 aromatic rings. The Morgan fingerprint density at radius 3 is 2.60 bits per heavy atom. The Kier molecular flexibility index (Phi) is 4.56. The van der Waals surface area contributed by atoms with Crippen LogP contribution in [-0.2, 0) is 7.05 Å². The molecular formula is C16H23N7O2. The summed E-state index contributed by atoms with van der Waals surface area (Å²) < 4.78 is 3.63. The van der Waals surface area contributed by atoms with Crippen LogP contribution >= 0.6 is 0 Å². The summed E-state index contributed by atoms with van der Waals surface area (Å²) in [7, 11) is 1.79. The van der Waals surface area contributed by atoms with Crippen LogP contribution < -0.4 is 5.69 Å². The number of nitrogens with zero attached hydrogens (tertiary/aromatic N) is 7. The van der Waals surface area contributed by atoms with E-state index in [0.29, 0.717) is 17.9 Å². The Morgan fingerprint density at radius 1 is 1.28 bits per heavy atom. The highest BCUT2D eigenvalue weighted by Gasteiger charge is 2.25. The van der Waals surface area contributed by atoms with Gasteiger partial charge in [0.25, 0.3) is 0 Å². The molecule has 9 heteroatoms. The number of amides is 1. The van der Waals surface area contributed by atoms with Crippen molar-refractivity contribution >= 4 is 6.03 Å². The van der Waals surface area contributed by atoms with Gasteiger partial charge in [0.1, 0.15) is 5.69 Å². The van der Waals surface area contributed by atoms with Crippen LogP contribution in [0.25, 0.3) is 5.69 Å². The van der Waals surface area contributed by atoms with Gasteiger partial charge in [-0.2, -0.15) is 9.78 Å². The second kappa shape index (κ2) is 6.66. The summed E-state index contributed by atoms with van der Waals surface area (Å²) >= 11 is 0. The normalized spacial score (nSPS) is 14.5. The van der Waals surface area contributed by atoms with Crippen LogP contribution in [0.3, 0.4) is 0 Å². The van der Waals surface area contributed by atoms with Gasteiger partial charge in [-0.3, -0.25) is 9.58 Å². The van der Waals surface area contributed by atoms with Crippen LogP contribution in [0.4, 0.5) is 4.79 Å². The Bertz CT molecular complexity index is 887. The average molecular weight is 345 g/mol. The molecule has 2 aromatic heterocycles.